The van der Waals surface area contributed by atoms with Gasteiger partial charge in [-0.05, 0) is 13.0 Å². The zero-order valence-electron chi connectivity index (χ0n) is 7.00. The summed E-state index contributed by atoms with van der Waals surface area (Å²) in [5.74, 6) is 0.877. The van der Waals surface area contributed by atoms with E-state index in [2.05, 4.69) is 0 Å². The lowest BCUT2D eigenvalue weighted by Gasteiger charge is -2.05. The Bertz CT molecular complexity index is 323. The van der Waals surface area contributed by atoms with Crippen molar-refractivity contribution in [2.45, 2.75) is 13.0 Å². The van der Waals surface area contributed by atoms with E-state index < -0.39 is 0 Å². The Hall–Kier alpha value is -1.22. The lowest BCUT2D eigenvalue weighted by atomic mass is 10.1. The van der Waals surface area contributed by atoms with Gasteiger partial charge in [0.2, 0.25) is 0 Å². The molecule has 0 spiro atoms. The molecule has 3 nitrogen and oxygen atoms in total. The van der Waals surface area contributed by atoms with Gasteiger partial charge in [-0.2, -0.15) is 0 Å². The van der Waals surface area contributed by atoms with Crippen LogP contribution in [0.1, 0.15) is 17.2 Å². The Morgan fingerprint density at radius 1 is 1.50 bits per heavy atom. The molecule has 1 heterocycles. The lowest BCUT2D eigenvalue weighted by Crippen LogP contribution is -2.10. The molecule has 1 aromatic carbocycles. The Kier molecular flexibility index (Phi) is 1.48. The predicted molar refractivity (Wildman–Crippen MR) is 48.0 cm³/mol. The van der Waals surface area contributed by atoms with Crippen molar-refractivity contribution in [3.05, 3.63) is 23.3 Å². The normalized spacial score (nSPS) is 20.3. The fourth-order valence-electron chi connectivity index (χ4n) is 1.47. The first-order valence-electron chi connectivity index (χ1n) is 3.97. The van der Waals surface area contributed by atoms with Gasteiger partial charge in [0.15, 0.2) is 0 Å². The molecule has 0 unspecified atom stereocenters. The van der Waals surface area contributed by atoms with Gasteiger partial charge < -0.3 is 16.2 Å². The Labute approximate surface area is 71.3 Å². The van der Waals surface area contributed by atoms with Gasteiger partial charge >= 0.3 is 0 Å². The molecule has 0 aromatic heterocycles. The monoisotopic (exact) mass is 164 g/mol. The highest BCUT2D eigenvalue weighted by molar-refractivity contribution is 5.58. The molecule has 0 fully saturated rings. The van der Waals surface area contributed by atoms with E-state index in [0.717, 1.165) is 22.6 Å². The summed E-state index contributed by atoms with van der Waals surface area (Å²) in [5.41, 5.74) is 14.4. The van der Waals surface area contributed by atoms with Crippen LogP contribution in [0.5, 0.6) is 5.75 Å². The highest BCUT2D eigenvalue weighted by Crippen LogP contribution is 2.36. The molecule has 0 saturated carbocycles. The molecule has 1 atom stereocenters. The third-order valence-corrected chi connectivity index (χ3v) is 2.28. The predicted octanol–water partition coefficient (Wildman–Crippen LogP) is 0.969. The number of nitrogen functional groups attached to an aromatic ring is 1. The van der Waals surface area contributed by atoms with Gasteiger partial charge in [-0.3, -0.25) is 0 Å². The average Bonchev–Trinajstić information content (AvgIpc) is 2.41. The second kappa shape index (κ2) is 2.38. The van der Waals surface area contributed by atoms with Gasteiger partial charge in [0.25, 0.3) is 0 Å². The number of rotatable bonds is 0. The van der Waals surface area contributed by atoms with Gasteiger partial charge in [-0.25, -0.2) is 0 Å². The number of benzene rings is 1. The number of hydrogen-bond donors (Lipinski definition) is 2. The molecular weight excluding hydrogens is 152 g/mol. The van der Waals surface area contributed by atoms with Crippen molar-refractivity contribution in [1.29, 1.82) is 0 Å². The number of ether oxygens (including phenoxy) is 1. The van der Waals surface area contributed by atoms with Crippen LogP contribution in [0.15, 0.2) is 12.1 Å². The van der Waals surface area contributed by atoms with Crippen molar-refractivity contribution in [2.75, 3.05) is 12.3 Å². The molecule has 0 saturated heterocycles. The molecule has 2 rings (SSSR count). The average molecular weight is 164 g/mol. The van der Waals surface area contributed by atoms with Crippen molar-refractivity contribution >= 4 is 5.69 Å². The molecule has 0 bridgehead atoms. The van der Waals surface area contributed by atoms with E-state index in [1.54, 1.807) is 0 Å². The van der Waals surface area contributed by atoms with Crippen molar-refractivity contribution in [3.63, 3.8) is 0 Å². The molecule has 64 valence electrons. The third kappa shape index (κ3) is 0.865. The van der Waals surface area contributed by atoms with Crippen molar-refractivity contribution in [2.24, 2.45) is 5.73 Å². The van der Waals surface area contributed by atoms with E-state index in [4.69, 9.17) is 16.2 Å². The summed E-state index contributed by atoms with van der Waals surface area (Å²) in [6.07, 6.45) is 0. The minimum atomic E-state index is 0.0132. The number of hydrogen-bond acceptors (Lipinski definition) is 3. The highest BCUT2D eigenvalue weighted by atomic mass is 16.5. The van der Waals surface area contributed by atoms with Crippen LogP contribution in [0.3, 0.4) is 0 Å². The van der Waals surface area contributed by atoms with Gasteiger partial charge in [-0.1, -0.05) is 6.07 Å². The number of anilines is 1. The number of fused-ring (bicyclic) bond motifs is 1. The summed E-state index contributed by atoms with van der Waals surface area (Å²) < 4.78 is 5.42. The van der Waals surface area contributed by atoms with E-state index in [-0.39, 0.29) is 6.04 Å². The fraction of sp³-hybridized carbons (Fsp3) is 0.333. The molecule has 0 amide bonds. The topological polar surface area (TPSA) is 61.3 Å². The van der Waals surface area contributed by atoms with Crippen molar-refractivity contribution < 1.29 is 4.74 Å². The van der Waals surface area contributed by atoms with Crippen LogP contribution in [0.4, 0.5) is 5.69 Å². The van der Waals surface area contributed by atoms with Crippen LogP contribution in [-0.4, -0.2) is 6.61 Å². The van der Waals surface area contributed by atoms with Crippen LogP contribution >= 0.6 is 0 Å². The van der Waals surface area contributed by atoms with Crippen LogP contribution in [0.2, 0.25) is 0 Å². The van der Waals surface area contributed by atoms with Crippen LogP contribution < -0.4 is 16.2 Å². The Balaban J connectivity index is 2.60. The maximum absolute atomic E-state index is 5.80. The smallest absolute Gasteiger partial charge is 0.129 e. The zero-order chi connectivity index (χ0) is 8.72. The molecule has 12 heavy (non-hydrogen) atoms. The molecule has 1 aromatic rings. The van der Waals surface area contributed by atoms with Gasteiger partial charge in [-0.15, -0.1) is 0 Å². The van der Waals surface area contributed by atoms with E-state index in [9.17, 15) is 0 Å². The Morgan fingerprint density at radius 3 is 3.00 bits per heavy atom. The van der Waals surface area contributed by atoms with Gasteiger partial charge in [0, 0.05) is 16.8 Å². The van der Waals surface area contributed by atoms with E-state index in [1.165, 1.54) is 0 Å². The maximum Gasteiger partial charge on any atom is 0.129 e. The second-order valence-electron chi connectivity index (χ2n) is 3.12. The quantitative estimate of drug-likeness (QED) is 0.562. The standard InChI is InChI=1S/C9H12N2O/c1-5-7(10)3-2-6-8(11)4-12-9(5)6/h2-3,8H,4,10-11H2,1H3/t8-/m1/s1. The first-order chi connectivity index (χ1) is 5.70. The summed E-state index contributed by atoms with van der Waals surface area (Å²) in [7, 11) is 0. The molecule has 1 aliphatic heterocycles. The summed E-state index contributed by atoms with van der Waals surface area (Å²) >= 11 is 0. The third-order valence-electron chi connectivity index (χ3n) is 2.28. The molecule has 0 aliphatic carbocycles. The first kappa shape index (κ1) is 7.43. The van der Waals surface area contributed by atoms with Crippen molar-refractivity contribution in [3.8, 4) is 5.75 Å². The van der Waals surface area contributed by atoms with Gasteiger partial charge in [0.1, 0.15) is 12.4 Å². The Morgan fingerprint density at radius 2 is 2.25 bits per heavy atom. The first-order valence-corrected chi connectivity index (χ1v) is 3.97. The largest absolute Gasteiger partial charge is 0.491 e. The summed E-state index contributed by atoms with van der Waals surface area (Å²) in [6.45, 7) is 2.52. The molecule has 0 radical (unpaired) electrons. The van der Waals surface area contributed by atoms with Crippen LogP contribution in [0.25, 0.3) is 0 Å². The molecule has 1 aliphatic rings. The van der Waals surface area contributed by atoms with E-state index in [1.807, 2.05) is 19.1 Å². The SMILES string of the molecule is Cc1c(N)ccc2c1OC[C@H]2N. The van der Waals surface area contributed by atoms with Crippen LogP contribution in [-0.2, 0) is 0 Å². The molecule has 4 N–H and O–H groups in total. The highest BCUT2D eigenvalue weighted by Gasteiger charge is 2.22. The summed E-state index contributed by atoms with van der Waals surface area (Å²) in [4.78, 5) is 0. The van der Waals surface area contributed by atoms with E-state index >= 15 is 0 Å². The van der Waals surface area contributed by atoms with Crippen LogP contribution in [0, 0.1) is 6.92 Å². The zero-order valence-corrected chi connectivity index (χ0v) is 7.00. The molecule has 3 heteroatoms. The summed E-state index contributed by atoms with van der Waals surface area (Å²) in [6, 6.07) is 3.83. The summed E-state index contributed by atoms with van der Waals surface area (Å²) in [5, 5.41) is 0. The molecular formula is C9H12N2O. The fourth-order valence-corrected chi connectivity index (χ4v) is 1.47. The van der Waals surface area contributed by atoms with Crippen molar-refractivity contribution in [1.82, 2.24) is 0 Å². The van der Waals surface area contributed by atoms with E-state index in [0.29, 0.717) is 6.61 Å². The maximum atomic E-state index is 5.80. The lowest BCUT2D eigenvalue weighted by molar-refractivity contribution is 0.331. The minimum Gasteiger partial charge on any atom is -0.491 e. The minimum absolute atomic E-state index is 0.0132. The number of nitrogens with two attached hydrogens (primary N) is 2. The van der Waals surface area contributed by atoms with Gasteiger partial charge in [0.05, 0.1) is 6.04 Å². The second-order valence-corrected chi connectivity index (χ2v) is 3.12.